The van der Waals surface area contributed by atoms with E-state index < -0.39 is 6.10 Å². The van der Waals surface area contributed by atoms with Crippen molar-refractivity contribution >= 4 is 35.0 Å². The SMILES string of the molecule is CC(O)CN1CC(Cc2ccc(Cl)cc2)=Cc2ccc(Cl)cc21. The lowest BCUT2D eigenvalue weighted by Crippen LogP contribution is -2.35. The van der Waals surface area contributed by atoms with Crippen molar-refractivity contribution in [1.29, 1.82) is 0 Å². The summed E-state index contributed by atoms with van der Waals surface area (Å²) in [5.41, 5.74) is 4.77. The van der Waals surface area contributed by atoms with E-state index in [0.717, 1.165) is 29.2 Å². The molecule has 23 heavy (non-hydrogen) atoms. The van der Waals surface area contributed by atoms with Crippen molar-refractivity contribution in [3.63, 3.8) is 0 Å². The van der Waals surface area contributed by atoms with Gasteiger partial charge >= 0.3 is 0 Å². The molecule has 4 heteroatoms. The van der Waals surface area contributed by atoms with E-state index in [0.29, 0.717) is 11.6 Å². The Morgan fingerprint density at radius 2 is 1.78 bits per heavy atom. The van der Waals surface area contributed by atoms with Gasteiger partial charge in [-0.15, -0.1) is 0 Å². The molecular formula is C19H19Cl2NO. The van der Waals surface area contributed by atoms with Crippen LogP contribution in [0.4, 0.5) is 5.69 Å². The summed E-state index contributed by atoms with van der Waals surface area (Å²) in [6.07, 6.45) is 2.70. The van der Waals surface area contributed by atoms with Crippen molar-refractivity contribution in [3.05, 3.63) is 69.2 Å². The molecule has 0 aliphatic carbocycles. The standard InChI is InChI=1S/C19H19Cl2NO/c1-13(23)11-22-12-15(8-14-2-5-17(20)6-3-14)9-16-4-7-18(21)10-19(16)22/h2-7,9-10,13,23H,8,11-12H2,1H3. The highest BCUT2D eigenvalue weighted by Gasteiger charge is 2.19. The van der Waals surface area contributed by atoms with E-state index in [-0.39, 0.29) is 0 Å². The van der Waals surface area contributed by atoms with Crippen LogP contribution in [0.2, 0.25) is 10.0 Å². The first-order valence-electron chi connectivity index (χ1n) is 7.68. The summed E-state index contributed by atoms with van der Waals surface area (Å²) >= 11 is 12.1. The van der Waals surface area contributed by atoms with E-state index in [1.807, 2.05) is 30.3 Å². The fourth-order valence-electron chi connectivity index (χ4n) is 2.96. The highest BCUT2D eigenvalue weighted by atomic mass is 35.5. The zero-order valence-electron chi connectivity index (χ0n) is 13.0. The zero-order chi connectivity index (χ0) is 16.4. The molecule has 0 spiro atoms. The lowest BCUT2D eigenvalue weighted by atomic mass is 9.97. The molecule has 0 radical (unpaired) electrons. The van der Waals surface area contributed by atoms with Crippen molar-refractivity contribution in [3.8, 4) is 0 Å². The third-order valence-corrected chi connectivity index (χ3v) is 4.40. The molecule has 2 aromatic carbocycles. The van der Waals surface area contributed by atoms with Gasteiger partial charge in [-0.2, -0.15) is 0 Å². The molecule has 2 nitrogen and oxygen atoms in total. The van der Waals surface area contributed by atoms with Crippen molar-refractivity contribution in [2.24, 2.45) is 0 Å². The maximum absolute atomic E-state index is 9.80. The maximum atomic E-state index is 9.80. The van der Waals surface area contributed by atoms with Gasteiger partial charge in [-0.3, -0.25) is 0 Å². The fraction of sp³-hybridized carbons (Fsp3) is 0.263. The van der Waals surface area contributed by atoms with E-state index in [1.165, 1.54) is 11.1 Å². The lowest BCUT2D eigenvalue weighted by Gasteiger charge is -2.32. The molecule has 0 saturated carbocycles. The Kier molecular flexibility index (Phi) is 4.96. The van der Waals surface area contributed by atoms with E-state index >= 15 is 0 Å². The summed E-state index contributed by atoms with van der Waals surface area (Å²) in [6, 6.07) is 13.9. The second kappa shape index (κ2) is 6.96. The third kappa shape index (κ3) is 4.08. The highest BCUT2D eigenvalue weighted by Crippen LogP contribution is 2.32. The minimum Gasteiger partial charge on any atom is -0.392 e. The van der Waals surface area contributed by atoms with E-state index in [2.05, 4.69) is 23.1 Å². The van der Waals surface area contributed by atoms with Gasteiger partial charge < -0.3 is 10.0 Å². The van der Waals surface area contributed by atoms with Crippen LogP contribution >= 0.6 is 23.2 Å². The smallest absolute Gasteiger partial charge is 0.0687 e. The van der Waals surface area contributed by atoms with Crippen LogP contribution in [0.25, 0.3) is 6.08 Å². The molecule has 0 fully saturated rings. The Morgan fingerprint density at radius 1 is 1.09 bits per heavy atom. The van der Waals surface area contributed by atoms with Gasteiger partial charge in [-0.05, 0) is 54.3 Å². The van der Waals surface area contributed by atoms with Crippen LogP contribution in [-0.2, 0) is 6.42 Å². The van der Waals surface area contributed by atoms with Crippen LogP contribution in [0.1, 0.15) is 18.1 Å². The normalized spacial score (nSPS) is 15.1. The molecule has 0 bridgehead atoms. The number of β-amino-alcohol motifs (C(OH)–C–C–N with tert-alkyl or cyclic N) is 1. The first kappa shape index (κ1) is 16.4. The molecule has 2 aromatic rings. The molecule has 120 valence electrons. The van der Waals surface area contributed by atoms with Crippen molar-refractivity contribution in [2.75, 3.05) is 18.0 Å². The van der Waals surface area contributed by atoms with Crippen molar-refractivity contribution in [2.45, 2.75) is 19.4 Å². The predicted octanol–water partition coefficient (Wildman–Crippen LogP) is 4.82. The largest absolute Gasteiger partial charge is 0.392 e. The quantitative estimate of drug-likeness (QED) is 0.856. The monoisotopic (exact) mass is 347 g/mol. The molecule has 1 aliphatic rings. The lowest BCUT2D eigenvalue weighted by molar-refractivity contribution is 0.200. The summed E-state index contributed by atoms with van der Waals surface area (Å²) in [4.78, 5) is 2.19. The van der Waals surface area contributed by atoms with Crippen LogP contribution < -0.4 is 4.90 Å². The van der Waals surface area contributed by atoms with Gasteiger partial charge in [0, 0.05) is 28.8 Å². The number of rotatable bonds is 4. The van der Waals surface area contributed by atoms with Gasteiger partial charge in [0.05, 0.1) is 6.10 Å². The molecule has 0 saturated heterocycles. The topological polar surface area (TPSA) is 23.5 Å². The number of aliphatic hydroxyl groups excluding tert-OH is 1. The van der Waals surface area contributed by atoms with Crippen molar-refractivity contribution in [1.82, 2.24) is 0 Å². The molecule has 1 heterocycles. The first-order chi connectivity index (χ1) is 11.0. The second-order valence-electron chi connectivity index (χ2n) is 6.04. The summed E-state index contributed by atoms with van der Waals surface area (Å²) in [6.45, 7) is 3.19. The van der Waals surface area contributed by atoms with Crippen molar-refractivity contribution < 1.29 is 5.11 Å². The Bertz CT molecular complexity index is 723. The minimum atomic E-state index is -0.392. The van der Waals surface area contributed by atoms with E-state index in [9.17, 15) is 5.11 Å². The fourth-order valence-corrected chi connectivity index (χ4v) is 3.25. The zero-order valence-corrected chi connectivity index (χ0v) is 14.5. The number of nitrogens with zero attached hydrogens (tertiary/aromatic N) is 1. The van der Waals surface area contributed by atoms with Gasteiger partial charge in [0.2, 0.25) is 0 Å². The average Bonchev–Trinajstić information content (AvgIpc) is 2.50. The number of halogens is 2. The number of hydrogen-bond donors (Lipinski definition) is 1. The predicted molar refractivity (Wildman–Crippen MR) is 98.5 cm³/mol. The van der Waals surface area contributed by atoms with Gasteiger partial charge in [0.15, 0.2) is 0 Å². The first-order valence-corrected chi connectivity index (χ1v) is 8.43. The molecule has 1 unspecified atom stereocenters. The molecule has 1 atom stereocenters. The molecule has 1 aliphatic heterocycles. The Morgan fingerprint density at radius 3 is 2.48 bits per heavy atom. The molecule has 0 aromatic heterocycles. The third-order valence-electron chi connectivity index (χ3n) is 3.92. The summed E-state index contributed by atoms with van der Waals surface area (Å²) in [5, 5.41) is 11.3. The van der Waals surface area contributed by atoms with Crippen LogP contribution in [0, 0.1) is 0 Å². The minimum absolute atomic E-state index is 0.392. The average molecular weight is 348 g/mol. The summed E-state index contributed by atoms with van der Waals surface area (Å²) in [7, 11) is 0. The highest BCUT2D eigenvalue weighted by molar-refractivity contribution is 6.31. The number of anilines is 1. The Balaban J connectivity index is 1.89. The van der Waals surface area contributed by atoms with Crippen LogP contribution in [0.15, 0.2) is 48.0 Å². The van der Waals surface area contributed by atoms with Crippen LogP contribution in [-0.4, -0.2) is 24.3 Å². The van der Waals surface area contributed by atoms with Crippen LogP contribution in [0.3, 0.4) is 0 Å². The number of aliphatic hydroxyl groups is 1. The van der Waals surface area contributed by atoms with Crippen LogP contribution in [0.5, 0.6) is 0 Å². The van der Waals surface area contributed by atoms with Gasteiger partial charge in [0.25, 0.3) is 0 Å². The second-order valence-corrected chi connectivity index (χ2v) is 6.91. The maximum Gasteiger partial charge on any atom is 0.0687 e. The molecule has 0 amide bonds. The molecule has 1 N–H and O–H groups in total. The summed E-state index contributed by atoms with van der Waals surface area (Å²) < 4.78 is 0. The molecular weight excluding hydrogens is 329 g/mol. The van der Waals surface area contributed by atoms with E-state index in [1.54, 1.807) is 6.92 Å². The number of hydrogen-bond acceptors (Lipinski definition) is 2. The van der Waals surface area contributed by atoms with Gasteiger partial charge in [0.1, 0.15) is 0 Å². The number of benzene rings is 2. The Hall–Kier alpha value is -1.48. The van der Waals surface area contributed by atoms with E-state index in [4.69, 9.17) is 23.2 Å². The number of fused-ring (bicyclic) bond motifs is 1. The van der Waals surface area contributed by atoms with Gasteiger partial charge in [-0.1, -0.05) is 47.5 Å². The summed E-state index contributed by atoms with van der Waals surface area (Å²) in [5.74, 6) is 0. The Labute approximate surface area is 147 Å². The molecule has 3 rings (SSSR count). The van der Waals surface area contributed by atoms with Gasteiger partial charge in [-0.25, -0.2) is 0 Å².